The van der Waals surface area contributed by atoms with Gasteiger partial charge >= 0.3 is 6.15 Å². The highest BCUT2D eigenvalue weighted by molar-refractivity contribution is 6.08. The summed E-state index contributed by atoms with van der Waals surface area (Å²) in [5.41, 5.74) is 0. The van der Waals surface area contributed by atoms with E-state index in [0.29, 0.717) is 12.4 Å². The smallest absolute Gasteiger partial charge is 0.369 e. The molecular formula is C12H20BNO4. The first-order valence-corrected chi connectivity index (χ1v) is 6.12. The largest absolute Gasteiger partial charge is 0.373 e. The summed E-state index contributed by atoms with van der Waals surface area (Å²) in [4.78, 5) is 27.8. The van der Waals surface area contributed by atoms with Gasteiger partial charge in [-0.15, -0.1) is 0 Å². The molecule has 0 bridgehead atoms. The molecule has 5 nitrogen and oxygen atoms in total. The van der Waals surface area contributed by atoms with Crippen molar-refractivity contribution in [3.8, 4) is 0 Å². The lowest BCUT2D eigenvalue weighted by atomic mass is 9.92. The lowest BCUT2D eigenvalue weighted by Crippen LogP contribution is -2.24. The average Bonchev–Trinajstić information content (AvgIpc) is 2.73. The topological polar surface area (TPSA) is 72.5 Å². The summed E-state index contributed by atoms with van der Waals surface area (Å²) in [6.45, 7) is 5.14. The molecule has 0 amide bonds. The number of carbonyl (C=O) groups excluding carboxylic acids is 3. The molecule has 3 atom stereocenters. The van der Waals surface area contributed by atoms with Crippen molar-refractivity contribution < 1.29 is 19.1 Å². The summed E-state index contributed by atoms with van der Waals surface area (Å²) in [6.07, 6.45) is 2.77. The average molecular weight is 253 g/mol. The maximum Gasteiger partial charge on any atom is 0.373 e. The van der Waals surface area contributed by atoms with Crippen LogP contribution in [0.25, 0.3) is 0 Å². The van der Waals surface area contributed by atoms with Crippen LogP contribution in [0.2, 0.25) is 6.32 Å². The van der Waals surface area contributed by atoms with E-state index < -0.39 is 0 Å². The fraction of sp³-hybridized carbons (Fsp3) is 0.833. The van der Waals surface area contributed by atoms with Gasteiger partial charge in [0.05, 0.1) is 14.0 Å². The zero-order chi connectivity index (χ0) is 14.0. The Hall–Kier alpha value is -0.965. The van der Waals surface area contributed by atoms with Gasteiger partial charge in [0.25, 0.3) is 0 Å². The molecule has 1 saturated heterocycles. The van der Waals surface area contributed by atoms with E-state index in [1.807, 2.05) is 6.92 Å². The molecule has 0 aliphatic carbocycles. The van der Waals surface area contributed by atoms with Crippen LogP contribution >= 0.6 is 0 Å². The maximum atomic E-state index is 11.6. The highest BCUT2D eigenvalue weighted by Gasteiger charge is 2.22. The van der Waals surface area contributed by atoms with E-state index in [1.54, 1.807) is 0 Å². The highest BCUT2D eigenvalue weighted by atomic mass is 16.5. The fourth-order valence-electron chi connectivity index (χ4n) is 1.77. The highest BCUT2D eigenvalue weighted by Crippen LogP contribution is 2.11. The maximum absolute atomic E-state index is 11.6. The first-order chi connectivity index (χ1) is 8.54. The van der Waals surface area contributed by atoms with Crippen LogP contribution in [-0.4, -0.2) is 45.1 Å². The third kappa shape index (κ3) is 7.38. The van der Waals surface area contributed by atoms with Gasteiger partial charge in [0, 0.05) is 18.5 Å². The lowest BCUT2D eigenvalue weighted by Gasteiger charge is -2.13. The molecule has 1 aliphatic heterocycles. The van der Waals surface area contributed by atoms with Crippen molar-refractivity contribution in [2.75, 3.05) is 13.2 Å². The molecule has 1 aliphatic rings. The number of hydrogen-bond donors (Lipinski definition) is 1. The zero-order valence-corrected chi connectivity index (χ0v) is 11.0. The molecule has 2 radical (unpaired) electrons. The van der Waals surface area contributed by atoms with Gasteiger partial charge in [-0.2, -0.15) is 9.59 Å². The lowest BCUT2D eigenvalue weighted by molar-refractivity contribution is -0.191. The minimum absolute atomic E-state index is 0.0294. The molecule has 1 heterocycles. The SMILES string of the molecule is O=C=O.[B]CCC(C)C(=O)COC1CNC(C)C1. The monoisotopic (exact) mass is 253 g/mol. The standard InChI is InChI=1S/C11H20BNO2.CO2/c1-8(3-4-12)11(14)7-15-10-5-9(2)13-6-10;2-1-3/h8-10,13H,3-7H2,1-2H3;. The Bertz CT molecular complexity index is 279. The second-order valence-corrected chi connectivity index (χ2v) is 4.51. The van der Waals surface area contributed by atoms with E-state index in [1.165, 1.54) is 0 Å². The molecule has 0 aromatic heterocycles. The van der Waals surface area contributed by atoms with Gasteiger partial charge in [-0.25, -0.2) is 0 Å². The first kappa shape index (κ1) is 17.0. The summed E-state index contributed by atoms with van der Waals surface area (Å²) in [6, 6.07) is 0.506. The van der Waals surface area contributed by atoms with E-state index in [2.05, 4.69) is 12.2 Å². The summed E-state index contributed by atoms with van der Waals surface area (Å²) >= 11 is 0. The second kappa shape index (κ2) is 10.0. The Morgan fingerprint density at radius 3 is 2.61 bits per heavy atom. The van der Waals surface area contributed by atoms with Crippen LogP contribution in [0.15, 0.2) is 0 Å². The quantitative estimate of drug-likeness (QED) is 0.691. The van der Waals surface area contributed by atoms with Gasteiger partial charge in [-0.3, -0.25) is 4.79 Å². The third-order valence-electron chi connectivity index (χ3n) is 2.92. The van der Waals surface area contributed by atoms with E-state index in [4.69, 9.17) is 22.2 Å². The van der Waals surface area contributed by atoms with Crippen molar-refractivity contribution in [3.63, 3.8) is 0 Å². The molecule has 1 fully saturated rings. The van der Waals surface area contributed by atoms with Crippen LogP contribution in [0.1, 0.15) is 26.7 Å². The minimum atomic E-state index is 0.0294. The van der Waals surface area contributed by atoms with Crippen molar-refractivity contribution in [2.45, 2.75) is 45.2 Å². The number of nitrogens with one attached hydrogen (secondary N) is 1. The Labute approximate surface area is 109 Å². The van der Waals surface area contributed by atoms with Crippen LogP contribution < -0.4 is 5.32 Å². The predicted molar refractivity (Wildman–Crippen MR) is 66.2 cm³/mol. The van der Waals surface area contributed by atoms with Gasteiger partial charge in [-0.05, 0) is 13.3 Å². The van der Waals surface area contributed by atoms with Crippen molar-refractivity contribution in [2.24, 2.45) is 5.92 Å². The van der Waals surface area contributed by atoms with E-state index in [0.717, 1.165) is 19.4 Å². The first-order valence-electron chi connectivity index (χ1n) is 6.12. The van der Waals surface area contributed by atoms with Crippen LogP contribution in [0.5, 0.6) is 0 Å². The number of hydrogen-bond acceptors (Lipinski definition) is 5. The molecule has 3 unspecified atom stereocenters. The molecule has 0 spiro atoms. The van der Waals surface area contributed by atoms with Crippen LogP contribution in [0.3, 0.4) is 0 Å². The third-order valence-corrected chi connectivity index (χ3v) is 2.92. The van der Waals surface area contributed by atoms with Gasteiger partial charge < -0.3 is 10.1 Å². The Morgan fingerprint density at radius 1 is 1.56 bits per heavy atom. The summed E-state index contributed by atoms with van der Waals surface area (Å²) < 4.78 is 5.55. The van der Waals surface area contributed by atoms with Gasteiger partial charge in [-0.1, -0.05) is 19.7 Å². The van der Waals surface area contributed by atoms with E-state index in [9.17, 15) is 4.79 Å². The minimum Gasteiger partial charge on any atom is -0.369 e. The normalized spacial score (nSPS) is 23.7. The molecule has 1 rings (SSSR count). The molecule has 0 aromatic carbocycles. The molecule has 0 aromatic rings. The summed E-state index contributed by atoms with van der Waals surface area (Å²) in [5, 5.41) is 3.29. The van der Waals surface area contributed by atoms with E-state index >= 15 is 0 Å². The summed E-state index contributed by atoms with van der Waals surface area (Å²) in [7, 11) is 5.40. The molecule has 1 N–H and O–H groups in total. The molecule has 0 saturated carbocycles. The Kier molecular flexibility index (Phi) is 9.47. The van der Waals surface area contributed by atoms with Crippen LogP contribution in [0, 0.1) is 5.92 Å². The molecule has 18 heavy (non-hydrogen) atoms. The molecular weight excluding hydrogens is 233 g/mol. The van der Waals surface area contributed by atoms with Gasteiger partial charge in [0.15, 0.2) is 5.78 Å². The van der Waals surface area contributed by atoms with Gasteiger partial charge in [0.1, 0.15) is 6.61 Å². The second-order valence-electron chi connectivity index (χ2n) is 4.51. The molecule has 100 valence electrons. The van der Waals surface area contributed by atoms with Crippen LogP contribution in [-0.2, 0) is 19.1 Å². The van der Waals surface area contributed by atoms with Gasteiger partial charge in [0.2, 0.25) is 0 Å². The molecule has 6 heteroatoms. The fourth-order valence-corrected chi connectivity index (χ4v) is 1.77. The van der Waals surface area contributed by atoms with E-state index in [-0.39, 0.29) is 30.6 Å². The van der Waals surface area contributed by atoms with Crippen molar-refractivity contribution >= 4 is 19.8 Å². The number of carbonyl (C=O) groups is 1. The van der Waals surface area contributed by atoms with Crippen molar-refractivity contribution in [3.05, 3.63) is 0 Å². The van der Waals surface area contributed by atoms with Crippen LogP contribution in [0.4, 0.5) is 0 Å². The summed E-state index contributed by atoms with van der Waals surface area (Å²) in [5.74, 6) is 0.196. The Balaban J connectivity index is 0.000000873. The Morgan fingerprint density at radius 2 is 2.17 bits per heavy atom. The van der Waals surface area contributed by atoms with Crippen molar-refractivity contribution in [1.82, 2.24) is 5.32 Å². The number of Topliss-reactive ketones (excluding diaryl/α,β-unsaturated/α-hetero) is 1. The number of rotatable bonds is 6. The van der Waals surface area contributed by atoms with Crippen molar-refractivity contribution in [1.29, 1.82) is 0 Å². The predicted octanol–water partition coefficient (Wildman–Crippen LogP) is 0.352. The number of ketones is 1. The zero-order valence-electron chi connectivity index (χ0n) is 11.0. The number of ether oxygens (including phenoxy) is 1.